The van der Waals surface area contributed by atoms with E-state index in [0.717, 1.165) is 18.0 Å². The molecule has 0 spiro atoms. The summed E-state index contributed by atoms with van der Waals surface area (Å²) in [6.45, 7) is 1.20. The van der Waals surface area contributed by atoms with Crippen LogP contribution in [0.2, 0.25) is 0 Å². The molecule has 1 aliphatic carbocycles. The van der Waals surface area contributed by atoms with Crippen molar-refractivity contribution in [3.05, 3.63) is 0 Å². The summed E-state index contributed by atoms with van der Waals surface area (Å²) in [5, 5.41) is 3.77. The number of nitrogens with zero attached hydrogens (tertiary/aromatic N) is 1. The molecule has 1 saturated carbocycles. The molecular formula is C12H24N2S. The van der Waals surface area contributed by atoms with Crippen molar-refractivity contribution in [3.8, 4) is 0 Å². The van der Waals surface area contributed by atoms with Crippen LogP contribution in [0.1, 0.15) is 25.7 Å². The van der Waals surface area contributed by atoms with E-state index in [1.807, 2.05) is 0 Å². The molecule has 1 aliphatic heterocycles. The maximum absolute atomic E-state index is 3.77. The predicted octanol–water partition coefficient (Wildman–Crippen LogP) is 1.81. The van der Waals surface area contributed by atoms with E-state index in [4.69, 9.17) is 0 Å². The van der Waals surface area contributed by atoms with Crippen molar-refractivity contribution in [1.82, 2.24) is 10.2 Å². The second kappa shape index (κ2) is 5.55. The van der Waals surface area contributed by atoms with Gasteiger partial charge in [-0.05, 0) is 57.2 Å². The number of nitrogens with one attached hydrogen (secondary N) is 1. The Morgan fingerprint density at radius 1 is 1.20 bits per heavy atom. The van der Waals surface area contributed by atoms with Crippen LogP contribution in [-0.2, 0) is 0 Å². The smallest absolute Gasteiger partial charge is 0.0242 e. The summed E-state index contributed by atoms with van der Waals surface area (Å²) in [6, 6.07) is 1.58. The van der Waals surface area contributed by atoms with Crippen LogP contribution in [0.15, 0.2) is 0 Å². The topological polar surface area (TPSA) is 15.3 Å². The van der Waals surface area contributed by atoms with Gasteiger partial charge in [0.15, 0.2) is 0 Å². The van der Waals surface area contributed by atoms with Gasteiger partial charge in [0.1, 0.15) is 0 Å². The van der Waals surface area contributed by atoms with Crippen LogP contribution in [-0.4, -0.2) is 49.1 Å². The maximum Gasteiger partial charge on any atom is 0.0242 e. The lowest BCUT2D eigenvalue weighted by Crippen LogP contribution is -2.44. The third-order valence-corrected chi connectivity index (χ3v) is 4.72. The van der Waals surface area contributed by atoms with E-state index in [0.29, 0.717) is 0 Å². The number of hydrogen-bond acceptors (Lipinski definition) is 3. The first-order valence-electron chi connectivity index (χ1n) is 6.25. The zero-order chi connectivity index (χ0) is 10.7. The summed E-state index contributed by atoms with van der Waals surface area (Å²) >= 11 is 2.11. The minimum atomic E-state index is 0.777. The molecule has 88 valence electrons. The van der Waals surface area contributed by atoms with Crippen molar-refractivity contribution in [2.24, 2.45) is 5.92 Å². The zero-order valence-corrected chi connectivity index (χ0v) is 10.9. The fourth-order valence-electron chi connectivity index (χ4n) is 2.44. The molecule has 0 aromatic heterocycles. The van der Waals surface area contributed by atoms with Crippen molar-refractivity contribution in [2.45, 2.75) is 37.8 Å². The molecular weight excluding hydrogens is 204 g/mol. The Labute approximate surface area is 98.2 Å². The van der Waals surface area contributed by atoms with Gasteiger partial charge < -0.3 is 10.2 Å². The van der Waals surface area contributed by atoms with Gasteiger partial charge >= 0.3 is 0 Å². The first-order valence-corrected chi connectivity index (χ1v) is 7.40. The van der Waals surface area contributed by atoms with Crippen LogP contribution in [0, 0.1) is 5.92 Å². The van der Waals surface area contributed by atoms with Crippen LogP contribution in [0.25, 0.3) is 0 Å². The Balaban J connectivity index is 1.69. The van der Waals surface area contributed by atoms with Crippen molar-refractivity contribution in [1.29, 1.82) is 0 Å². The zero-order valence-electron chi connectivity index (χ0n) is 10.0. The van der Waals surface area contributed by atoms with Gasteiger partial charge in [-0.3, -0.25) is 0 Å². The van der Waals surface area contributed by atoms with Crippen LogP contribution < -0.4 is 5.32 Å². The predicted molar refractivity (Wildman–Crippen MR) is 68.5 cm³/mol. The first-order chi connectivity index (χ1) is 7.27. The third-order valence-electron chi connectivity index (χ3n) is 3.67. The second-order valence-corrected chi connectivity index (χ2v) is 6.39. The second-order valence-electron chi connectivity index (χ2n) is 5.16. The summed E-state index contributed by atoms with van der Waals surface area (Å²) in [5.74, 6) is 3.69. The molecule has 0 amide bonds. The average molecular weight is 228 g/mol. The monoisotopic (exact) mass is 228 g/mol. The minimum absolute atomic E-state index is 0.777. The lowest BCUT2D eigenvalue weighted by molar-refractivity contribution is 0.246. The standard InChI is InChI=1S/C12H24N2S/c1-14(2)12(10-3-4-10)9-13-11-5-7-15-8-6-11/h10-13H,3-9H2,1-2H3. The number of thioether (sulfide) groups is 1. The minimum Gasteiger partial charge on any atom is -0.312 e. The highest BCUT2D eigenvalue weighted by molar-refractivity contribution is 7.99. The highest BCUT2D eigenvalue weighted by Gasteiger charge is 2.32. The van der Waals surface area contributed by atoms with Crippen molar-refractivity contribution in [2.75, 3.05) is 32.1 Å². The normalized spacial score (nSPS) is 25.8. The van der Waals surface area contributed by atoms with E-state index in [1.54, 1.807) is 0 Å². The molecule has 1 unspecified atom stereocenters. The SMILES string of the molecule is CN(C)C(CNC1CCSCC1)C1CC1. The van der Waals surface area contributed by atoms with Crippen LogP contribution in [0.3, 0.4) is 0 Å². The first kappa shape index (κ1) is 11.7. The van der Waals surface area contributed by atoms with Crippen LogP contribution in [0.5, 0.6) is 0 Å². The fourth-order valence-corrected chi connectivity index (χ4v) is 3.55. The summed E-state index contributed by atoms with van der Waals surface area (Å²) < 4.78 is 0. The largest absolute Gasteiger partial charge is 0.312 e. The number of likely N-dealkylation sites (N-methyl/N-ethyl adjacent to an activating group) is 1. The van der Waals surface area contributed by atoms with Gasteiger partial charge in [-0.1, -0.05) is 0 Å². The Morgan fingerprint density at radius 3 is 2.40 bits per heavy atom. The lowest BCUT2D eigenvalue weighted by atomic mass is 10.1. The summed E-state index contributed by atoms with van der Waals surface area (Å²) in [7, 11) is 4.45. The molecule has 1 N–H and O–H groups in total. The molecule has 2 rings (SSSR count). The number of hydrogen-bond donors (Lipinski definition) is 1. The van der Waals surface area contributed by atoms with Crippen molar-refractivity contribution >= 4 is 11.8 Å². The molecule has 0 aromatic rings. The molecule has 15 heavy (non-hydrogen) atoms. The Kier molecular flexibility index (Phi) is 4.35. The number of rotatable bonds is 5. The maximum atomic E-state index is 3.77. The molecule has 1 saturated heterocycles. The van der Waals surface area contributed by atoms with Crippen molar-refractivity contribution < 1.29 is 0 Å². The Hall–Kier alpha value is 0.270. The summed E-state index contributed by atoms with van der Waals surface area (Å²) in [4.78, 5) is 2.41. The molecule has 3 heteroatoms. The molecule has 0 bridgehead atoms. The van der Waals surface area contributed by atoms with E-state index in [1.165, 1.54) is 43.7 Å². The highest BCUT2D eigenvalue weighted by Crippen LogP contribution is 2.34. The highest BCUT2D eigenvalue weighted by atomic mass is 32.2. The van der Waals surface area contributed by atoms with E-state index >= 15 is 0 Å². The van der Waals surface area contributed by atoms with E-state index in [-0.39, 0.29) is 0 Å². The van der Waals surface area contributed by atoms with E-state index in [2.05, 4.69) is 36.1 Å². The van der Waals surface area contributed by atoms with Gasteiger partial charge in [0.05, 0.1) is 0 Å². The lowest BCUT2D eigenvalue weighted by Gasteiger charge is -2.29. The van der Waals surface area contributed by atoms with Gasteiger partial charge in [0, 0.05) is 18.6 Å². The summed E-state index contributed by atoms with van der Waals surface area (Å²) in [6.07, 6.45) is 5.64. The molecule has 0 aromatic carbocycles. The molecule has 1 atom stereocenters. The molecule has 1 heterocycles. The van der Waals surface area contributed by atoms with Gasteiger partial charge in [-0.15, -0.1) is 0 Å². The van der Waals surface area contributed by atoms with Crippen molar-refractivity contribution in [3.63, 3.8) is 0 Å². The van der Waals surface area contributed by atoms with Gasteiger partial charge in [-0.25, -0.2) is 0 Å². The van der Waals surface area contributed by atoms with E-state index in [9.17, 15) is 0 Å². The van der Waals surface area contributed by atoms with Crippen LogP contribution in [0.4, 0.5) is 0 Å². The average Bonchev–Trinajstić information content (AvgIpc) is 3.03. The van der Waals surface area contributed by atoms with Crippen LogP contribution >= 0.6 is 11.8 Å². The third kappa shape index (κ3) is 3.65. The molecule has 2 fully saturated rings. The van der Waals surface area contributed by atoms with E-state index < -0.39 is 0 Å². The molecule has 0 radical (unpaired) electrons. The van der Waals surface area contributed by atoms with Gasteiger partial charge in [-0.2, -0.15) is 11.8 Å². The van der Waals surface area contributed by atoms with Gasteiger partial charge in [0.2, 0.25) is 0 Å². The quantitative estimate of drug-likeness (QED) is 0.772. The summed E-state index contributed by atoms with van der Waals surface area (Å²) in [5.41, 5.74) is 0. The molecule has 2 nitrogen and oxygen atoms in total. The van der Waals surface area contributed by atoms with Gasteiger partial charge in [0.25, 0.3) is 0 Å². The fraction of sp³-hybridized carbons (Fsp3) is 1.00. The molecule has 2 aliphatic rings. The Morgan fingerprint density at radius 2 is 1.87 bits per heavy atom. The Bertz CT molecular complexity index is 184.